The number of nitrogens with one attached hydrogen (secondary N) is 2. The minimum atomic E-state index is -0.174. The van der Waals surface area contributed by atoms with Crippen molar-refractivity contribution in [2.24, 2.45) is 0 Å². The Morgan fingerprint density at radius 3 is 2.33 bits per heavy atom. The van der Waals surface area contributed by atoms with E-state index in [4.69, 9.17) is 0 Å². The lowest BCUT2D eigenvalue weighted by molar-refractivity contribution is -0.113. The number of carbonyl (C=O) groups excluding carboxylic acids is 2. The summed E-state index contributed by atoms with van der Waals surface area (Å²) in [6.45, 7) is 7.07. The lowest BCUT2D eigenvalue weighted by atomic mass is 10.1. The number of aromatic nitrogens is 2. The molecule has 4 rings (SSSR count). The minimum absolute atomic E-state index is 0.115. The normalized spacial score (nSPS) is 10.8. The van der Waals surface area contributed by atoms with Gasteiger partial charge < -0.3 is 10.6 Å². The third kappa shape index (κ3) is 6.43. The van der Waals surface area contributed by atoms with Crippen LogP contribution in [-0.2, 0) is 17.9 Å². The summed E-state index contributed by atoms with van der Waals surface area (Å²) in [4.78, 5) is 26.3. The zero-order valence-electron chi connectivity index (χ0n) is 20.7. The standard InChI is InChI=1S/C29H30N4O2S/c1-20-13-15-24(16-14-20)31-28(34)19-36-27-12-8-7-11-25(27)29(35)30-17-26-21(2)32-33(22(26)3)18-23-9-5-4-6-10-23/h4-16H,17-19H2,1-3H3,(H,30,35)(H,31,34). The highest BCUT2D eigenvalue weighted by molar-refractivity contribution is 8.00. The quantitative estimate of drug-likeness (QED) is 0.298. The van der Waals surface area contributed by atoms with Crippen molar-refractivity contribution in [3.8, 4) is 0 Å². The molecule has 0 aliphatic rings. The van der Waals surface area contributed by atoms with Crippen LogP contribution in [-0.4, -0.2) is 27.3 Å². The van der Waals surface area contributed by atoms with Crippen LogP contribution < -0.4 is 10.6 Å². The van der Waals surface area contributed by atoms with Crippen LogP contribution in [0, 0.1) is 20.8 Å². The van der Waals surface area contributed by atoms with Gasteiger partial charge >= 0.3 is 0 Å². The summed E-state index contributed by atoms with van der Waals surface area (Å²) in [6.07, 6.45) is 0. The number of thioether (sulfide) groups is 1. The van der Waals surface area contributed by atoms with Crippen LogP contribution in [0.1, 0.15) is 38.4 Å². The van der Waals surface area contributed by atoms with Crippen LogP contribution in [0.2, 0.25) is 0 Å². The summed E-state index contributed by atoms with van der Waals surface area (Å²) in [6, 6.07) is 25.2. The van der Waals surface area contributed by atoms with Crippen LogP contribution in [0.15, 0.2) is 83.8 Å². The predicted octanol–water partition coefficient (Wildman–Crippen LogP) is 5.52. The Hall–Kier alpha value is -3.84. The van der Waals surface area contributed by atoms with Gasteiger partial charge in [0.25, 0.3) is 5.91 Å². The maximum atomic E-state index is 13.1. The molecule has 0 bridgehead atoms. The van der Waals surface area contributed by atoms with Crippen molar-refractivity contribution < 1.29 is 9.59 Å². The molecule has 0 atom stereocenters. The van der Waals surface area contributed by atoms with E-state index in [-0.39, 0.29) is 17.6 Å². The van der Waals surface area contributed by atoms with Gasteiger partial charge in [0, 0.05) is 28.4 Å². The molecule has 0 saturated carbocycles. The van der Waals surface area contributed by atoms with Gasteiger partial charge in [-0.1, -0.05) is 60.2 Å². The fourth-order valence-corrected chi connectivity index (χ4v) is 4.77. The minimum Gasteiger partial charge on any atom is -0.348 e. The van der Waals surface area contributed by atoms with Gasteiger partial charge in [-0.05, 0) is 50.6 Å². The van der Waals surface area contributed by atoms with Crippen LogP contribution in [0.3, 0.4) is 0 Å². The Labute approximate surface area is 216 Å². The van der Waals surface area contributed by atoms with E-state index in [9.17, 15) is 9.59 Å². The molecule has 1 aromatic heterocycles. The molecule has 6 nitrogen and oxygen atoms in total. The SMILES string of the molecule is Cc1ccc(NC(=O)CSc2ccccc2C(=O)NCc2c(C)nn(Cc3ccccc3)c2C)cc1. The Morgan fingerprint density at radius 1 is 0.889 bits per heavy atom. The summed E-state index contributed by atoms with van der Waals surface area (Å²) < 4.78 is 1.97. The summed E-state index contributed by atoms with van der Waals surface area (Å²) >= 11 is 1.35. The monoisotopic (exact) mass is 498 g/mol. The number of aryl methyl sites for hydroxylation is 2. The molecular formula is C29H30N4O2S. The van der Waals surface area contributed by atoms with E-state index in [0.29, 0.717) is 18.7 Å². The smallest absolute Gasteiger partial charge is 0.252 e. The molecule has 184 valence electrons. The average molecular weight is 499 g/mol. The third-order valence-electron chi connectivity index (χ3n) is 5.96. The molecule has 0 aliphatic heterocycles. The van der Waals surface area contributed by atoms with Crippen LogP contribution in [0.25, 0.3) is 0 Å². The average Bonchev–Trinajstić information content (AvgIpc) is 3.15. The number of nitrogens with zero attached hydrogens (tertiary/aromatic N) is 2. The summed E-state index contributed by atoms with van der Waals surface area (Å²) in [5, 5.41) is 10.6. The summed E-state index contributed by atoms with van der Waals surface area (Å²) in [7, 11) is 0. The molecule has 7 heteroatoms. The fourth-order valence-electron chi connectivity index (χ4n) is 3.92. The van der Waals surface area contributed by atoms with E-state index in [1.807, 2.05) is 86.1 Å². The van der Waals surface area contributed by atoms with Crippen molar-refractivity contribution in [2.45, 2.75) is 38.8 Å². The Morgan fingerprint density at radius 2 is 1.58 bits per heavy atom. The maximum Gasteiger partial charge on any atom is 0.252 e. The van der Waals surface area contributed by atoms with Crippen molar-refractivity contribution in [1.29, 1.82) is 0 Å². The van der Waals surface area contributed by atoms with Gasteiger partial charge in [-0.2, -0.15) is 5.10 Å². The van der Waals surface area contributed by atoms with Gasteiger partial charge in [0.1, 0.15) is 0 Å². The number of carbonyl (C=O) groups is 2. The molecule has 2 N–H and O–H groups in total. The highest BCUT2D eigenvalue weighted by Gasteiger charge is 2.16. The summed E-state index contributed by atoms with van der Waals surface area (Å²) in [5.74, 6) is -0.0781. The number of anilines is 1. The third-order valence-corrected chi connectivity index (χ3v) is 7.03. The molecule has 0 unspecified atom stereocenters. The first-order valence-electron chi connectivity index (χ1n) is 11.8. The highest BCUT2D eigenvalue weighted by Crippen LogP contribution is 2.23. The lowest BCUT2D eigenvalue weighted by Crippen LogP contribution is -2.24. The number of hydrogen-bond acceptors (Lipinski definition) is 4. The second kappa shape index (κ2) is 11.7. The van der Waals surface area contributed by atoms with E-state index < -0.39 is 0 Å². The van der Waals surface area contributed by atoms with Crippen molar-refractivity contribution in [1.82, 2.24) is 15.1 Å². The van der Waals surface area contributed by atoms with E-state index in [0.717, 1.165) is 33.1 Å². The van der Waals surface area contributed by atoms with E-state index in [2.05, 4.69) is 27.9 Å². The first kappa shape index (κ1) is 25.3. The van der Waals surface area contributed by atoms with E-state index in [1.54, 1.807) is 6.07 Å². The van der Waals surface area contributed by atoms with Gasteiger partial charge in [-0.15, -0.1) is 11.8 Å². The molecular weight excluding hydrogens is 468 g/mol. The van der Waals surface area contributed by atoms with Gasteiger partial charge in [0.05, 0.1) is 23.6 Å². The molecule has 1 heterocycles. The first-order chi connectivity index (χ1) is 17.4. The van der Waals surface area contributed by atoms with Gasteiger partial charge in [0.2, 0.25) is 5.91 Å². The molecule has 0 fully saturated rings. The molecule has 2 amide bonds. The number of benzene rings is 3. The van der Waals surface area contributed by atoms with Crippen LogP contribution in [0.5, 0.6) is 0 Å². The van der Waals surface area contributed by atoms with Crippen molar-refractivity contribution in [2.75, 3.05) is 11.1 Å². The zero-order valence-corrected chi connectivity index (χ0v) is 21.6. The van der Waals surface area contributed by atoms with Crippen LogP contribution >= 0.6 is 11.8 Å². The molecule has 4 aromatic rings. The molecule has 0 radical (unpaired) electrons. The first-order valence-corrected chi connectivity index (χ1v) is 12.8. The lowest BCUT2D eigenvalue weighted by Gasteiger charge is -2.11. The molecule has 36 heavy (non-hydrogen) atoms. The summed E-state index contributed by atoms with van der Waals surface area (Å²) in [5.41, 5.74) is 6.58. The Balaban J connectivity index is 1.37. The second-order valence-corrected chi connectivity index (χ2v) is 9.69. The molecule has 0 spiro atoms. The highest BCUT2D eigenvalue weighted by atomic mass is 32.2. The number of hydrogen-bond donors (Lipinski definition) is 2. The Kier molecular flexibility index (Phi) is 8.23. The van der Waals surface area contributed by atoms with Crippen molar-refractivity contribution in [3.63, 3.8) is 0 Å². The van der Waals surface area contributed by atoms with E-state index >= 15 is 0 Å². The largest absolute Gasteiger partial charge is 0.348 e. The van der Waals surface area contributed by atoms with Crippen LogP contribution in [0.4, 0.5) is 5.69 Å². The van der Waals surface area contributed by atoms with Crippen molar-refractivity contribution in [3.05, 3.63) is 113 Å². The van der Waals surface area contributed by atoms with E-state index in [1.165, 1.54) is 17.3 Å². The maximum absolute atomic E-state index is 13.1. The van der Waals surface area contributed by atoms with Gasteiger partial charge in [0.15, 0.2) is 0 Å². The zero-order chi connectivity index (χ0) is 25.5. The predicted molar refractivity (Wildman–Crippen MR) is 145 cm³/mol. The van der Waals surface area contributed by atoms with Gasteiger partial charge in [-0.3, -0.25) is 14.3 Å². The Bertz CT molecular complexity index is 1350. The van der Waals surface area contributed by atoms with Gasteiger partial charge in [-0.25, -0.2) is 0 Å². The fraction of sp³-hybridized carbons (Fsp3) is 0.207. The second-order valence-electron chi connectivity index (χ2n) is 8.67. The number of rotatable bonds is 9. The topological polar surface area (TPSA) is 76.0 Å². The number of amides is 2. The van der Waals surface area contributed by atoms with Crippen molar-refractivity contribution >= 4 is 29.3 Å². The molecule has 0 aliphatic carbocycles. The molecule has 0 saturated heterocycles. The molecule has 3 aromatic carbocycles.